The van der Waals surface area contributed by atoms with Gasteiger partial charge >= 0.3 is 0 Å². The molecule has 0 radical (unpaired) electrons. The molecule has 0 nitrogen and oxygen atoms in total. The van der Waals surface area contributed by atoms with Crippen molar-refractivity contribution in [3.05, 3.63) is 65.8 Å². The summed E-state index contributed by atoms with van der Waals surface area (Å²) in [6, 6.07) is 15.3. The maximum Gasteiger partial charge on any atom is 0.0163 e. The van der Waals surface area contributed by atoms with E-state index in [4.69, 9.17) is 0 Å². The molecule has 1 heteroatoms. The first-order valence-corrected chi connectivity index (χ1v) is 8.54. The molecule has 0 amide bonds. The molecule has 0 atom stereocenters. The van der Waals surface area contributed by atoms with Crippen LogP contribution in [-0.2, 0) is 0 Å². The second-order valence-corrected chi connectivity index (χ2v) is 6.78. The largest absolute Gasteiger partial charge is 0.122 e. The van der Waals surface area contributed by atoms with Crippen LogP contribution >= 0.6 is 11.8 Å². The van der Waals surface area contributed by atoms with Gasteiger partial charge in [-0.2, -0.15) is 0 Å². The summed E-state index contributed by atoms with van der Waals surface area (Å²) < 4.78 is 0. The van der Waals surface area contributed by atoms with E-state index in [9.17, 15) is 0 Å². The molecule has 0 spiro atoms. The quantitative estimate of drug-likeness (QED) is 0.426. The van der Waals surface area contributed by atoms with Crippen LogP contribution in [0.4, 0.5) is 0 Å². The lowest BCUT2D eigenvalue weighted by atomic mass is 10.1. The van der Waals surface area contributed by atoms with Crippen molar-refractivity contribution in [3.8, 4) is 0 Å². The van der Waals surface area contributed by atoms with E-state index >= 15 is 0 Å². The van der Waals surface area contributed by atoms with Gasteiger partial charge in [0.25, 0.3) is 0 Å². The van der Waals surface area contributed by atoms with E-state index in [1.165, 1.54) is 33.2 Å². The van der Waals surface area contributed by atoms with E-state index in [0.717, 1.165) is 12.2 Å². The smallest absolute Gasteiger partial charge is 0.0163 e. The zero-order chi connectivity index (χ0) is 15.1. The molecule has 21 heavy (non-hydrogen) atoms. The first-order chi connectivity index (χ1) is 10.1. The third kappa shape index (κ3) is 5.43. The van der Waals surface area contributed by atoms with Crippen molar-refractivity contribution >= 4 is 22.5 Å². The molecular weight excluding hydrogens is 272 g/mol. The second kappa shape index (κ2) is 8.09. The number of thioether (sulfide) groups is 1. The van der Waals surface area contributed by atoms with Crippen molar-refractivity contribution in [2.24, 2.45) is 0 Å². The minimum absolute atomic E-state index is 1.05. The molecule has 0 N–H and O–H groups in total. The third-order valence-electron chi connectivity index (χ3n) is 3.49. The van der Waals surface area contributed by atoms with Gasteiger partial charge in [-0.25, -0.2) is 0 Å². The van der Waals surface area contributed by atoms with E-state index in [1.54, 1.807) is 0 Å². The summed E-state index contributed by atoms with van der Waals surface area (Å²) in [5, 5.41) is 2.64. The Morgan fingerprint density at radius 2 is 1.71 bits per heavy atom. The van der Waals surface area contributed by atoms with Crippen LogP contribution in [0.25, 0.3) is 10.8 Å². The molecule has 0 aliphatic rings. The van der Waals surface area contributed by atoms with Crippen molar-refractivity contribution < 1.29 is 0 Å². The Labute approximate surface area is 133 Å². The molecule has 2 rings (SSSR count). The van der Waals surface area contributed by atoms with Crippen LogP contribution in [-0.4, -0.2) is 5.75 Å². The van der Waals surface area contributed by atoms with Crippen molar-refractivity contribution in [3.63, 3.8) is 0 Å². The van der Waals surface area contributed by atoms with E-state index in [-0.39, 0.29) is 0 Å². The van der Waals surface area contributed by atoms with Crippen LogP contribution in [0, 0.1) is 0 Å². The van der Waals surface area contributed by atoms with Crippen LogP contribution in [0.15, 0.2) is 70.7 Å². The SMILES string of the molecule is CC(C)=CCCC(C)=CCSc1ccc2ccccc2c1. The highest BCUT2D eigenvalue weighted by Crippen LogP contribution is 2.24. The maximum atomic E-state index is 2.36. The summed E-state index contributed by atoms with van der Waals surface area (Å²) in [6.45, 7) is 6.56. The average molecular weight is 296 g/mol. The molecule has 0 aliphatic carbocycles. The standard InChI is InChI=1S/C20H24S/c1-16(2)7-6-8-17(3)13-14-21-20-12-11-18-9-4-5-10-19(18)15-20/h4-5,7,9-13,15H,6,8,14H2,1-3H3. The Kier molecular flexibility index (Phi) is 6.13. The van der Waals surface area contributed by atoms with Crippen LogP contribution in [0.2, 0.25) is 0 Å². The zero-order valence-corrected chi connectivity index (χ0v) is 14.0. The predicted octanol–water partition coefficient (Wildman–Crippen LogP) is 6.62. The molecule has 0 saturated carbocycles. The van der Waals surface area contributed by atoms with Gasteiger partial charge in [-0.3, -0.25) is 0 Å². The number of benzene rings is 2. The molecular formula is C20H24S. The molecule has 0 aromatic heterocycles. The summed E-state index contributed by atoms with van der Waals surface area (Å²) >= 11 is 1.91. The highest BCUT2D eigenvalue weighted by atomic mass is 32.2. The third-order valence-corrected chi connectivity index (χ3v) is 4.41. The lowest BCUT2D eigenvalue weighted by Crippen LogP contribution is -1.81. The van der Waals surface area contributed by atoms with Crippen molar-refractivity contribution in [1.82, 2.24) is 0 Å². The average Bonchev–Trinajstić information content (AvgIpc) is 2.47. The van der Waals surface area contributed by atoms with E-state index in [1.807, 2.05) is 11.8 Å². The summed E-state index contributed by atoms with van der Waals surface area (Å²) in [6.07, 6.45) is 7.00. The molecule has 110 valence electrons. The summed E-state index contributed by atoms with van der Waals surface area (Å²) in [7, 11) is 0. The fraction of sp³-hybridized carbons (Fsp3) is 0.300. The Morgan fingerprint density at radius 1 is 0.952 bits per heavy atom. The number of hydrogen-bond donors (Lipinski definition) is 0. The summed E-state index contributed by atoms with van der Waals surface area (Å²) in [5.74, 6) is 1.05. The zero-order valence-electron chi connectivity index (χ0n) is 13.2. The predicted molar refractivity (Wildman–Crippen MR) is 97.1 cm³/mol. The number of fused-ring (bicyclic) bond motifs is 1. The molecule has 0 saturated heterocycles. The van der Waals surface area contributed by atoms with E-state index < -0.39 is 0 Å². The maximum absolute atomic E-state index is 2.36. The topological polar surface area (TPSA) is 0 Å². The monoisotopic (exact) mass is 296 g/mol. The fourth-order valence-corrected chi connectivity index (χ4v) is 3.16. The molecule has 0 bridgehead atoms. The Bertz CT molecular complexity index is 646. The Hall–Kier alpha value is -1.47. The van der Waals surface area contributed by atoms with E-state index in [2.05, 4.69) is 75.4 Å². The number of allylic oxidation sites excluding steroid dienone is 3. The van der Waals surface area contributed by atoms with Crippen LogP contribution in [0.3, 0.4) is 0 Å². The Morgan fingerprint density at radius 3 is 2.48 bits per heavy atom. The first-order valence-electron chi connectivity index (χ1n) is 7.56. The molecule has 2 aromatic rings. The van der Waals surface area contributed by atoms with Gasteiger partial charge < -0.3 is 0 Å². The summed E-state index contributed by atoms with van der Waals surface area (Å²) in [5.41, 5.74) is 2.90. The normalized spacial score (nSPS) is 11.7. The van der Waals surface area contributed by atoms with Crippen molar-refractivity contribution in [2.45, 2.75) is 38.5 Å². The highest BCUT2D eigenvalue weighted by molar-refractivity contribution is 7.99. The van der Waals surface area contributed by atoms with Gasteiger partial charge in [0.05, 0.1) is 0 Å². The van der Waals surface area contributed by atoms with Gasteiger partial charge in [-0.05, 0) is 56.5 Å². The van der Waals surface area contributed by atoms with Crippen molar-refractivity contribution in [1.29, 1.82) is 0 Å². The first kappa shape index (κ1) is 15.9. The van der Waals surface area contributed by atoms with Gasteiger partial charge in [-0.15, -0.1) is 11.8 Å². The highest BCUT2D eigenvalue weighted by Gasteiger charge is 1.96. The molecule has 2 aromatic carbocycles. The van der Waals surface area contributed by atoms with Crippen molar-refractivity contribution in [2.75, 3.05) is 5.75 Å². The van der Waals surface area contributed by atoms with Gasteiger partial charge in [-0.1, -0.05) is 53.6 Å². The van der Waals surface area contributed by atoms with Gasteiger partial charge in [0, 0.05) is 10.6 Å². The number of hydrogen-bond acceptors (Lipinski definition) is 1. The molecule has 0 fully saturated rings. The van der Waals surface area contributed by atoms with Crippen LogP contribution in [0.1, 0.15) is 33.6 Å². The molecule has 0 heterocycles. The van der Waals surface area contributed by atoms with Gasteiger partial charge in [0.15, 0.2) is 0 Å². The lowest BCUT2D eigenvalue weighted by molar-refractivity contribution is 0.964. The van der Waals surface area contributed by atoms with Gasteiger partial charge in [0.1, 0.15) is 0 Å². The minimum Gasteiger partial charge on any atom is -0.122 e. The summed E-state index contributed by atoms with van der Waals surface area (Å²) in [4.78, 5) is 1.35. The Balaban J connectivity index is 1.88. The molecule has 0 aliphatic heterocycles. The second-order valence-electron chi connectivity index (χ2n) is 5.69. The van der Waals surface area contributed by atoms with Gasteiger partial charge in [0.2, 0.25) is 0 Å². The van der Waals surface area contributed by atoms with Crippen LogP contribution in [0.5, 0.6) is 0 Å². The van der Waals surface area contributed by atoms with E-state index in [0.29, 0.717) is 0 Å². The minimum atomic E-state index is 1.05. The lowest BCUT2D eigenvalue weighted by Gasteiger charge is -2.03. The van der Waals surface area contributed by atoms with Crippen LogP contribution < -0.4 is 0 Å². The fourth-order valence-electron chi connectivity index (χ4n) is 2.23. The molecule has 0 unspecified atom stereocenters. The number of rotatable bonds is 6.